The van der Waals surface area contributed by atoms with E-state index in [1.165, 1.54) is 25.3 Å². The van der Waals surface area contributed by atoms with Crippen LogP contribution in [-0.2, 0) is 21.0 Å². The Kier molecular flexibility index (Phi) is 6.49. The first-order valence-corrected chi connectivity index (χ1v) is 7.66. The summed E-state index contributed by atoms with van der Waals surface area (Å²) in [5.74, 6) is -0.841. The average molecular weight is 368 g/mol. The molecule has 24 heavy (non-hydrogen) atoms. The standard InChI is InChI=1S/C17H15Cl2NO4/c1-23-17(22)15(20-24-10-11-5-3-2-4-6-11)9-12-7-13(18)16(21)14(19)8-12/h2-9,20-21H,10H2,1H3. The van der Waals surface area contributed by atoms with Crippen molar-refractivity contribution in [3.05, 3.63) is 69.3 Å². The summed E-state index contributed by atoms with van der Waals surface area (Å²) in [7, 11) is 1.26. The van der Waals surface area contributed by atoms with Crippen molar-refractivity contribution in [1.29, 1.82) is 0 Å². The van der Waals surface area contributed by atoms with Crippen LogP contribution in [0.15, 0.2) is 48.2 Å². The van der Waals surface area contributed by atoms with Gasteiger partial charge in [0.05, 0.1) is 23.8 Å². The van der Waals surface area contributed by atoms with Crippen molar-refractivity contribution in [1.82, 2.24) is 5.48 Å². The van der Waals surface area contributed by atoms with Crippen molar-refractivity contribution < 1.29 is 19.5 Å². The maximum atomic E-state index is 11.8. The van der Waals surface area contributed by atoms with Crippen molar-refractivity contribution in [2.75, 3.05) is 7.11 Å². The fourth-order valence-electron chi connectivity index (χ4n) is 1.85. The molecular weight excluding hydrogens is 353 g/mol. The SMILES string of the molecule is COC(=O)C(=Cc1cc(Cl)c(O)c(Cl)c1)NOCc1ccccc1. The molecule has 0 aliphatic carbocycles. The van der Waals surface area contributed by atoms with Crippen LogP contribution in [0.25, 0.3) is 6.08 Å². The van der Waals surface area contributed by atoms with Gasteiger partial charge in [-0.15, -0.1) is 0 Å². The number of hydroxylamine groups is 1. The molecule has 0 unspecified atom stereocenters. The minimum absolute atomic E-state index is 0.0613. The molecule has 126 valence electrons. The van der Waals surface area contributed by atoms with E-state index in [2.05, 4.69) is 5.48 Å². The third-order valence-corrected chi connectivity index (χ3v) is 3.60. The first-order valence-electron chi connectivity index (χ1n) is 6.91. The Morgan fingerprint density at radius 3 is 2.42 bits per heavy atom. The Hall–Kier alpha value is -2.21. The van der Waals surface area contributed by atoms with Crippen LogP contribution in [0.4, 0.5) is 0 Å². The maximum absolute atomic E-state index is 11.8. The summed E-state index contributed by atoms with van der Waals surface area (Å²) in [6.45, 7) is 0.256. The highest BCUT2D eigenvalue weighted by Crippen LogP contribution is 2.33. The second-order valence-electron chi connectivity index (χ2n) is 4.76. The molecule has 0 heterocycles. The minimum atomic E-state index is -0.622. The lowest BCUT2D eigenvalue weighted by Gasteiger charge is -2.10. The fraction of sp³-hybridized carbons (Fsp3) is 0.118. The van der Waals surface area contributed by atoms with E-state index in [0.29, 0.717) is 5.56 Å². The van der Waals surface area contributed by atoms with E-state index in [1.807, 2.05) is 30.3 Å². The quantitative estimate of drug-likeness (QED) is 0.459. The van der Waals surface area contributed by atoms with Gasteiger partial charge in [-0.1, -0.05) is 53.5 Å². The highest BCUT2D eigenvalue weighted by Gasteiger charge is 2.12. The second kappa shape index (κ2) is 8.59. The lowest BCUT2D eigenvalue weighted by molar-refractivity contribution is -0.138. The van der Waals surface area contributed by atoms with E-state index in [9.17, 15) is 9.90 Å². The summed E-state index contributed by atoms with van der Waals surface area (Å²) in [6, 6.07) is 12.4. The lowest BCUT2D eigenvalue weighted by Crippen LogP contribution is -2.21. The van der Waals surface area contributed by atoms with Gasteiger partial charge in [0.1, 0.15) is 5.70 Å². The maximum Gasteiger partial charge on any atom is 0.356 e. The van der Waals surface area contributed by atoms with E-state index in [-0.39, 0.29) is 28.1 Å². The number of carbonyl (C=O) groups is 1. The van der Waals surface area contributed by atoms with Gasteiger partial charge in [0.25, 0.3) is 0 Å². The van der Waals surface area contributed by atoms with Gasteiger partial charge >= 0.3 is 5.97 Å². The lowest BCUT2D eigenvalue weighted by atomic mass is 10.2. The summed E-state index contributed by atoms with van der Waals surface area (Å²) in [6.07, 6.45) is 1.45. The molecule has 0 saturated carbocycles. The normalized spacial score (nSPS) is 11.2. The van der Waals surface area contributed by atoms with Crippen LogP contribution in [-0.4, -0.2) is 18.2 Å². The van der Waals surface area contributed by atoms with Crippen molar-refractivity contribution in [3.8, 4) is 5.75 Å². The summed E-state index contributed by atoms with van der Waals surface area (Å²) >= 11 is 11.7. The smallest absolute Gasteiger partial charge is 0.356 e. The molecule has 0 bridgehead atoms. The van der Waals surface area contributed by atoms with Gasteiger partial charge in [-0.3, -0.25) is 10.3 Å². The van der Waals surface area contributed by atoms with Gasteiger partial charge in [-0.25, -0.2) is 4.79 Å². The molecule has 0 atom stereocenters. The molecule has 0 aliphatic rings. The van der Waals surface area contributed by atoms with Crippen LogP contribution in [0.2, 0.25) is 10.0 Å². The average Bonchev–Trinajstić information content (AvgIpc) is 2.59. The van der Waals surface area contributed by atoms with Crippen molar-refractivity contribution >= 4 is 35.2 Å². The molecule has 0 spiro atoms. The minimum Gasteiger partial charge on any atom is -0.505 e. The summed E-state index contributed by atoms with van der Waals surface area (Å²) in [5.41, 5.74) is 4.05. The van der Waals surface area contributed by atoms with Crippen LogP contribution in [0.3, 0.4) is 0 Å². The van der Waals surface area contributed by atoms with E-state index in [1.54, 1.807) is 0 Å². The highest BCUT2D eigenvalue weighted by molar-refractivity contribution is 6.37. The van der Waals surface area contributed by atoms with E-state index in [0.717, 1.165) is 5.56 Å². The van der Waals surface area contributed by atoms with Gasteiger partial charge in [0.15, 0.2) is 5.75 Å². The number of hydrogen-bond acceptors (Lipinski definition) is 5. The third-order valence-electron chi connectivity index (χ3n) is 3.02. The molecule has 2 rings (SSSR count). The number of nitrogens with one attached hydrogen (secondary N) is 1. The zero-order valence-corrected chi connectivity index (χ0v) is 14.3. The molecule has 2 N–H and O–H groups in total. The van der Waals surface area contributed by atoms with Gasteiger partial charge in [0.2, 0.25) is 0 Å². The van der Waals surface area contributed by atoms with Crippen LogP contribution in [0.1, 0.15) is 11.1 Å². The topological polar surface area (TPSA) is 67.8 Å². The Morgan fingerprint density at radius 1 is 1.21 bits per heavy atom. The number of carbonyl (C=O) groups excluding carboxylic acids is 1. The van der Waals surface area contributed by atoms with E-state index < -0.39 is 5.97 Å². The molecule has 0 aliphatic heterocycles. The van der Waals surface area contributed by atoms with Gasteiger partial charge < -0.3 is 9.84 Å². The molecular formula is C17H15Cl2NO4. The number of methoxy groups -OCH3 is 1. The highest BCUT2D eigenvalue weighted by atomic mass is 35.5. The monoisotopic (exact) mass is 367 g/mol. The third kappa shape index (κ3) is 4.89. The van der Waals surface area contributed by atoms with Crippen LogP contribution in [0.5, 0.6) is 5.75 Å². The first-order chi connectivity index (χ1) is 11.5. The predicted molar refractivity (Wildman–Crippen MR) is 92.5 cm³/mol. The zero-order valence-electron chi connectivity index (χ0n) is 12.8. The Balaban J connectivity index is 2.14. The first kappa shape index (κ1) is 18.1. The molecule has 0 aromatic heterocycles. The number of aromatic hydroxyl groups is 1. The molecule has 0 fully saturated rings. The zero-order chi connectivity index (χ0) is 17.5. The van der Waals surface area contributed by atoms with Crippen molar-refractivity contribution in [2.24, 2.45) is 0 Å². The number of phenolic OH excluding ortho intramolecular Hbond substituents is 1. The summed E-state index contributed by atoms with van der Waals surface area (Å²) in [4.78, 5) is 17.2. The van der Waals surface area contributed by atoms with E-state index in [4.69, 9.17) is 32.8 Å². The fourth-order valence-corrected chi connectivity index (χ4v) is 2.35. The predicted octanol–water partition coefficient (Wildman–Crippen LogP) is 3.93. The van der Waals surface area contributed by atoms with Gasteiger partial charge in [-0.2, -0.15) is 0 Å². The molecule has 5 nitrogen and oxygen atoms in total. The summed E-state index contributed by atoms with van der Waals surface area (Å²) in [5, 5.41) is 9.72. The molecule has 7 heteroatoms. The molecule has 2 aromatic carbocycles. The number of hydrogen-bond donors (Lipinski definition) is 2. The second-order valence-corrected chi connectivity index (χ2v) is 5.57. The van der Waals surface area contributed by atoms with Crippen molar-refractivity contribution in [2.45, 2.75) is 6.61 Å². The number of halogens is 2. The Labute approximate surface area is 149 Å². The number of esters is 1. The van der Waals surface area contributed by atoms with Crippen molar-refractivity contribution in [3.63, 3.8) is 0 Å². The van der Waals surface area contributed by atoms with E-state index >= 15 is 0 Å². The number of rotatable bonds is 6. The molecule has 0 radical (unpaired) electrons. The van der Waals surface area contributed by atoms with Gasteiger partial charge in [-0.05, 0) is 29.3 Å². The van der Waals surface area contributed by atoms with Gasteiger partial charge in [0, 0.05) is 0 Å². The van der Waals surface area contributed by atoms with Crippen LogP contribution in [0, 0.1) is 0 Å². The number of benzene rings is 2. The Bertz CT molecular complexity index is 725. The summed E-state index contributed by atoms with van der Waals surface area (Å²) < 4.78 is 4.71. The Morgan fingerprint density at radius 2 is 1.83 bits per heavy atom. The van der Waals surface area contributed by atoms with Crippen LogP contribution >= 0.6 is 23.2 Å². The molecule has 0 amide bonds. The van der Waals surface area contributed by atoms with Crippen LogP contribution < -0.4 is 5.48 Å². The number of ether oxygens (including phenoxy) is 1. The molecule has 0 saturated heterocycles. The number of phenols is 1. The molecule has 2 aromatic rings. The largest absolute Gasteiger partial charge is 0.505 e.